The molecule has 0 heterocycles. The minimum Gasteiger partial charge on any atom is -0.497 e. The van der Waals surface area contributed by atoms with Crippen molar-refractivity contribution in [3.8, 4) is 5.75 Å². The molecule has 0 aliphatic heterocycles. The van der Waals surface area contributed by atoms with Gasteiger partial charge in [0.1, 0.15) is 5.75 Å². The molecule has 5 atom stereocenters. The molecule has 1 aromatic rings. The summed E-state index contributed by atoms with van der Waals surface area (Å²) in [7, 11) is 1.60. The first-order valence-corrected chi connectivity index (χ1v) is 7.86. The van der Waals surface area contributed by atoms with Crippen molar-refractivity contribution in [3.63, 3.8) is 0 Å². The maximum atomic E-state index is 12.6. The average Bonchev–Trinajstić information content (AvgIpc) is 3.15. The lowest BCUT2D eigenvalue weighted by atomic mass is 9.82. The van der Waals surface area contributed by atoms with Gasteiger partial charge in [-0.3, -0.25) is 9.59 Å². The van der Waals surface area contributed by atoms with Crippen LogP contribution in [0.4, 0.5) is 0 Å². The van der Waals surface area contributed by atoms with Crippen LogP contribution in [0.1, 0.15) is 24.9 Å². The molecule has 5 nitrogen and oxygen atoms in total. The first-order chi connectivity index (χ1) is 11.0. The lowest BCUT2D eigenvalue weighted by Crippen LogP contribution is -2.41. The number of hydrogen-bond acceptors (Lipinski definition) is 3. The number of carbonyl (C=O) groups is 2. The number of carbonyl (C=O) groups excluding carboxylic acids is 1. The number of methoxy groups -OCH3 is 1. The van der Waals surface area contributed by atoms with Crippen LogP contribution in [0.5, 0.6) is 5.75 Å². The zero-order chi connectivity index (χ0) is 16.6. The standard InChI is InChI=1S/C18H21NO4/c1-10(11-4-3-5-14(9-11)23-2)19-17(20)15-12-6-7-13(8-12)16(15)18(21)22/h3-7,9-10,12-13,15-16H,8H2,1-2H3,(H,19,20)(H,21,22)/t10-,12-,13-,15+,16-/m0/s1. The van der Waals surface area contributed by atoms with Crippen LogP contribution < -0.4 is 10.1 Å². The predicted molar refractivity (Wildman–Crippen MR) is 84.9 cm³/mol. The largest absolute Gasteiger partial charge is 0.497 e. The van der Waals surface area contributed by atoms with E-state index in [2.05, 4.69) is 5.32 Å². The summed E-state index contributed by atoms with van der Waals surface area (Å²) in [6.45, 7) is 1.89. The lowest BCUT2D eigenvalue weighted by Gasteiger charge is -2.26. The molecule has 23 heavy (non-hydrogen) atoms. The maximum absolute atomic E-state index is 12.6. The number of carboxylic acids is 1. The van der Waals surface area contributed by atoms with Crippen LogP contribution in [-0.4, -0.2) is 24.1 Å². The Hall–Kier alpha value is -2.30. The molecule has 2 aliphatic rings. The second-order valence-electron chi connectivity index (χ2n) is 6.35. The third-order valence-corrected chi connectivity index (χ3v) is 5.00. The van der Waals surface area contributed by atoms with Crippen molar-refractivity contribution in [2.24, 2.45) is 23.7 Å². The second-order valence-corrected chi connectivity index (χ2v) is 6.35. The van der Waals surface area contributed by atoms with Gasteiger partial charge in [0.25, 0.3) is 0 Å². The molecule has 2 bridgehead atoms. The molecule has 0 saturated heterocycles. The van der Waals surface area contributed by atoms with Crippen LogP contribution in [0, 0.1) is 23.7 Å². The number of hydrogen-bond donors (Lipinski definition) is 2. The first kappa shape index (κ1) is 15.6. The lowest BCUT2D eigenvalue weighted by molar-refractivity contribution is -0.148. The van der Waals surface area contributed by atoms with Gasteiger partial charge < -0.3 is 15.2 Å². The third kappa shape index (κ3) is 2.83. The molecular formula is C18H21NO4. The van der Waals surface area contributed by atoms with Crippen molar-refractivity contribution in [1.82, 2.24) is 5.32 Å². The van der Waals surface area contributed by atoms with Crippen LogP contribution in [0.3, 0.4) is 0 Å². The van der Waals surface area contributed by atoms with E-state index in [1.165, 1.54) is 0 Å². The van der Waals surface area contributed by atoms with Gasteiger partial charge in [0, 0.05) is 0 Å². The van der Waals surface area contributed by atoms with Crippen LogP contribution in [0.2, 0.25) is 0 Å². The van der Waals surface area contributed by atoms with E-state index in [9.17, 15) is 14.7 Å². The topological polar surface area (TPSA) is 75.6 Å². The van der Waals surface area contributed by atoms with Crippen molar-refractivity contribution in [3.05, 3.63) is 42.0 Å². The van der Waals surface area contributed by atoms with Crippen molar-refractivity contribution in [1.29, 1.82) is 0 Å². The summed E-state index contributed by atoms with van der Waals surface area (Å²) in [4.78, 5) is 24.2. The van der Waals surface area contributed by atoms with E-state index in [-0.39, 0.29) is 23.8 Å². The SMILES string of the molecule is COc1cccc([C@H](C)NC(=O)[C@H]2[C@@H](C(=O)O)[C@H]3C=C[C@H]2C3)c1. The third-order valence-electron chi connectivity index (χ3n) is 5.00. The Bertz CT molecular complexity index is 654. The number of ether oxygens (including phenoxy) is 1. The van der Waals surface area contributed by atoms with Gasteiger partial charge in [0.15, 0.2) is 0 Å². The summed E-state index contributed by atoms with van der Waals surface area (Å²) in [5, 5.41) is 12.4. The fraction of sp³-hybridized carbons (Fsp3) is 0.444. The quantitative estimate of drug-likeness (QED) is 0.818. The number of rotatable bonds is 5. The molecule has 1 fully saturated rings. The number of allylic oxidation sites excluding steroid dienone is 2. The fourth-order valence-electron chi connectivity index (χ4n) is 3.82. The van der Waals surface area contributed by atoms with Crippen LogP contribution in [-0.2, 0) is 9.59 Å². The first-order valence-electron chi connectivity index (χ1n) is 7.86. The van der Waals surface area contributed by atoms with E-state index in [1.54, 1.807) is 7.11 Å². The molecule has 2 N–H and O–H groups in total. The highest BCUT2D eigenvalue weighted by atomic mass is 16.5. The number of fused-ring (bicyclic) bond motifs is 2. The van der Waals surface area contributed by atoms with E-state index < -0.39 is 17.8 Å². The van der Waals surface area contributed by atoms with Gasteiger partial charge in [-0.1, -0.05) is 24.3 Å². The summed E-state index contributed by atoms with van der Waals surface area (Å²) in [5.41, 5.74) is 0.934. The average molecular weight is 315 g/mol. The molecule has 0 aromatic heterocycles. The summed E-state index contributed by atoms with van der Waals surface area (Å²) >= 11 is 0. The van der Waals surface area contributed by atoms with E-state index in [0.29, 0.717) is 0 Å². The van der Waals surface area contributed by atoms with Crippen molar-refractivity contribution >= 4 is 11.9 Å². The van der Waals surface area contributed by atoms with E-state index in [4.69, 9.17) is 4.74 Å². The van der Waals surface area contributed by atoms with Gasteiger partial charge >= 0.3 is 5.97 Å². The minimum atomic E-state index is -0.879. The summed E-state index contributed by atoms with van der Waals surface area (Å²) in [6.07, 6.45) is 4.70. The zero-order valence-electron chi connectivity index (χ0n) is 13.2. The fourth-order valence-corrected chi connectivity index (χ4v) is 3.82. The Balaban J connectivity index is 1.73. The number of carboxylic acid groups (broad SMARTS) is 1. The number of nitrogens with one attached hydrogen (secondary N) is 1. The number of amides is 1. The van der Waals surface area contributed by atoms with Gasteiger partial charge in [-0.2, -0.15) is 0 Å². The van der Waals surface area contributed by atoms with E-state index in [0.717, 1.165) is 17.7 Å². The van der Waals surface area contributed by atoms with Gasteiger partial charge in [-0.05, 0) is 42.9 Å². The van der Waals surface area contributed by atoms with Gasteiger partial charge in [0.2, 0.25) is 5.91 Å². The molecule has 1 aromatic carbocycles. The Morgan fingerprint density at radius 2 is 1.96 bits per heavy atom. The van der Waals surface area contributed by atoms with E-state index >= 15 is 0 Å². The molecule has 1 amide bonds. The highest BCUT2D eigenvalue weighted by Gasteiger charge is 2.51. The molecule has 5 heteroatoms. The monoisotopic (exact) mass is 315 g/mol. The van der Waals surface area contributed by atoms with Gasteiger partial charge in [0.05, 0.1) is 25.0 Å². The summed E-state index contributed by atoms with van der Waals surface area (Å²) in [6, 6.07) is 7.31. The molecular weight excluding hydrogens is 294 g/mol. The highest BCUT2D eigenvalue weighted by Crippen LogP contribution is 2.48. The molecule has 122 valence electrons. The normalized spacial score (nSPS) is 29.3. The van der Waals surface area contributed by atoms with Gasteiger partial charge in [-0.25, -0.2) is 0 Å². The van der Waals surface area contributed by atoms with Crippen molar-refractivity contribution in [2.75, 3.05) is 7.11 Å². The summed E-state index contributed by atoms with van der Waals surface area (Å²) in [5.74, 6) is -1.38. The predicted octanol–water partition coefficient (Wildman–Crippen LogP) is 2.40. The van der Waals surface area contributed by atoms with Crippen molar-refractivity contribution in [2.45, 2.75) is 19.4 Å². The number of aliphatic carboxylic acids is 1. The second kappa shape index (κ2) is 6.07. The van der Waals surface area contributed by atoms with Crippen LogP contribution >= 0.6 is 0 Å². The Labute approximate surface area is 135 Å². The highest BCUT2D eigenvalue weighted by molar-refractivity contribution is 5.87. The minimum absolute atomic E-state index is 0.0135. The Morgan fingerprint density at radius 3 is 2.61 bits per heavy atom. The molecule has 2 aliphatic carbocycles. The molecule has 0 unspecified atom stereocenters. The Morgan fingerprint density at radius 1 is 1.26 bits per heavy atom. The Kier molecular flexibility index (Phi) is 4.11. The smallest absolute Gasteiger partial charge is 0.307 e. The van der Waals surface area contributed by atoms with Crippen LogP contribution in [0.25, 0.3) is 0 Å². The maximum Gasteiger partial charge on any atom is 0.307 e. The number of benzene rings is 1. The molecule has 0 spiro atoms. The molecule has 3 rings (SSSR count). The van der Waals surface area contributed by atoms with E-state index in [1.807, 2.05) is 43.3 Å². The van der Waals surface area contributed by atoms with Gasteiger partial charge in [-0.15, -0.1) is 0 Å². The zero-order valence-corrected chi connectivity index (χ0v) is 13.2. The van der Waals surface area contributed by atoms with Crippen molar-refractivity contribution < 1.29 is 19.4 Å². The molecule has 0 radical (unpaired) electrons. The molecule has 1 saturated carbocycles. The summed E-state index contributed by atoms with van der Waals surface area (Å²) < 4.78 is 5.20. The van der Waals surface area contributed by atoms with Crippen LogP contribution in [0.15, 0.2) is 36.4 Å².